The van der Waals surface area contributed by atoms with Crippen LogP contribution in [-0.4, -0.2) is 0 Å². The first-order valence-electron chi connectivity index (χ1n) is 10.5. The third-order valence-electron chi connectivity index (χ3n) is 6.28. The second kappa shape index (κ2) is 6.47. The second-order valence-corrected chi connectivity index (χ2v) is 8.40. The van der Waals surface area contributed by atoms with Crippen molar-refractivity contribution < 1.29 is 4.42 Å². The summed E-state index contributed by atoms with van der Waals surface area (Å²) in [5.74, 6) is 1.04. The van der Waals surface area contributed by atoms with Crippen molar-refractivity contribution in [3.63, 3.8) is 0 Å². The van der Waals surface area contributed by atoms with Crippen molar-refractivity contribution in [2.45, 2.75) is 20.3 Å². The van der Waals surface area contributed by atoms with E-state index in [0.717, 1.165) is 17.8 Å². The molecule has 0 bridgehead atoms. The molecule has 0 radical (unpaired) electrons. The second-order valence-electron chi connectivity index (χ2n) is 8.40. The first-order chi connectivity index (χ1) is 14.7. The minimum Gasteiger partial charge on any atom is -0.456 e. The summed E-state index contributed by atoms with van der Waals surface area (Å²) < 4.78 is 6.38. The Morgan fingerprint density at radius 3 is 1.83 bits per heavy atom. The zero-order valence-corrected chi connectivity index (χ0v) is 17.2. The number of hydrogen-bond acceptors (Lipinski definition) is 1. The average molecular weight is 386 g/mol. The Kier molecular flexibility index (Phi) is 3.73. The van der Waals surface area contributed by atoms with Crippen LogP contribution < -0.4 is 0 Å². The van der Waals surface area contributed by atoms with Gasteiger partial charge in [-0.3, -0.25) is 0 Å². The molecule has 0 saturated carbocycles. The molecule has 0 saturated heterocycles. The molecule has 0 unspecified atom stereocenters. The summed E-state index contributed by atoms with van der Waals surface area (Å²) in [4.78, 5) is 0. The van der Waals surface area contributed by atoms with E-state index in [2.05, 4.69) is 98.8 Å². The van der Waals surface area contributed by atoms with E-state index in [1.54, 1.807) is 0 Å². The Labute approximate surface area is 176 Å². The number of benzene rings is 4. The van der Waals surface area contributed by atoms with Gasteiger partial charge in [0.2, 0.25) is 0 Å². The van der Waals surface area contributed by atoms with Gasteiger partial charge in [0.25, 0.3) is 0 Å². The van der Waals surface area contributed by atoms with Gasteiger partial charge in [0.15, 0.2) is 0 Å². The standard InChI is InChI=1S/C29H22O/c1-18-3-7-20(8-4-18)22-11-13-25-24(15-22)16-27-26-14-12-23(17-28(26)30-29(25)27)21-9-5-19(2)6-10-21/h3-15,17H,16H2,1-2H3. The molecule has 1 heteroatoms. The van der Waals surface area contributed by atoms with Crippen molar-refractivity contribution in [2.24, 2.45) is 0 Å². The van der Waals surface area contributed by atoms with Crippen LogP contribution in [0.15, 0.2) is 89.3 Å². The van der Waals surface area contributed by atoms with Crippen LogP contribution in [0, 0.1) is 13.8 Å². The molecule has 0 amide bonds. The molecule has 0 spiro atoms. The topological polar surface area (TPSA) is 13.1 Å². The van der Waals surface area contributed by atoms with Gasteiger partial charge in [-0.15, -0.1) is 0 Å². The molecule has 1 aromatic heterocycles. The summed E-state index contributed by atoms with van der Waals surface area (Å²) in [5, 5.41) is 1.23. The molecular formula is C29H22O. The lowest BCUT2D eigenvalue weighted by atomic mass is 9.99. The van der Waals surface area contributed by atoms with Crippen molar-refractivity contribution in [1.82, 2.24) is 0 Å². The van der Waals surface area contributed by atoms with Crippen LogP contribution in [0.3, 0.4) is 0 Å². The molecule has 4 aromatic carbocycles. The third kappa shape index (κ3) is 2.70. The molecule has 0 atom stereocenters. The average Bonchev–Trinajstić information content (AvgIpc) is 3.29. The monoisotopic (exact) mass is 386 g/mol. The molecule has 30 heavy (non-hydrogen) atoms. The molecule has 5 aromatic rings. The van der Waals surface area contributed by atoms with Gasteiger partial charge in [0.1, 0.15) is 11.3 Å². The van der Waals surface area contributed by atoms with Crippen LogP contribution in [0.2, 0.25) is 0 Å². The Morgan fingerprint density at radius 2 is 1.17 bits per heavy atom. The number of hydrogen-bond donors (Lipinski definition) is 0. The Hall–Kier alpha value is -3.58. The van der Waals surface area contributed by atoms with E-state index in [1.807, 2.05) is 0 Å². The van der Waals surface area contributed by atoms with Crippen LogP contribution >= 0.6 is 0 Å². The molecule has 0 aliphatic heterocycles. The van der Waals surface area contributed by atoms with Gasteiger partial charge in [-0.2, -0.15) is 0 Å². The predicted octanol–water partition coefficient (Wildman–Crippen LogP) is 7.95. The van der Waals surface area contributed by atoms with Gasteiger partial charge in [-0.1, -0.05) is 90.0 Å². The van der Waals surface area contributed by atoms with E-state index in [9.17, 15) is 0 Å². The normalized spacial score (nSPS) is 12.2. The van der Waals surface area contributed by atoms with E-state index in [0.29, 0.717) is 0 Å². The fourth-order valence-electron chi connectivity index (χ4n) is 4.55. The van der Waals surface area contributed by atoms with E-state index in [-0.39, 0.29) is 0 Å². The largest absolute Gasteiger partial charge is 0.456 e. The van der Waals surface area contributed by atoms with Crippen molar-refractivity contribution >= 4 is 11.0 Å². The molecular weight excluding hydrogens is 364 g/mol. The van der Waals surface area contributed by atoms with Gasteiger partial charge < -0.3 is 4.42 Å². The lowest BCUT2D eigenvalue weighted by Crippen LogP contribution is -1.85. The van der Waals surface area contributed by atoms with Crippen LogP contribution in [0.25, 0.3) is 44.5 Å². The summed E-state index contributed by atoms with van der Waals surface area (Å²) in [6.07, 6.45) is 0.932. The molecule has 144 valence electrons. The Bertz CT molecular complexity index is 1400. The Balaban J connectivity index is 1.41. The van der Waals surface area contributed by atoms with Crippen LogP contribution in [0.1, 0.15) is 22.3 Å². The number of aryl methyl sites for hydroxylation is 2. The summed E-state index contributed by atoms with van der Waals surface area (Å²) in [5.41, 5.74) is 12.4. The van der Waals surface area contributed by atoms with E-state index in [1.165, 1.54) is 55.5 Å². The molecule has 0 fully saturated rings. The maximum atomic E-state index is 6.38. The smallest absolute Gasteiger partial charge is 0.139 e. The van der Waals surface area contributed by atoms with Crippen molar-refractivity contribution in [2.75, 3.05) is 0 Å². The molecule has 6 rings (SSSR count). The van der Waals surface area contributed by atoms with Gasteiger partial charge in [0.05, 0.1) is 0 Å². The van der Waals surface area contributed by atoms with E-state index < -0.39 is 0 Å². The highest BCUT2D eigenvalue weighted by Crippen LogP contribution is 2.44. The summed E-state index contributed by atoms with van der Waals surface area (Å²) in [6, 6.07) is 30.8. The van der Waals surface area contributed by atoms with Crippen molar-refractivity contribution in [3.05, 3.63) is 107 Å². The van der Waals surface area contributed by atoms with E-state index in [4.69, 9.17) is 4.42 Å². The van der Waals surface area contributed by atoms with Gasteiger partial charge in [-0.05, 0) is 47.7 Å². The molecule has 1 heterocycles. The number of furan rings is 1. The quantitative estimate of drug-likeness (QED) is 0.294. The lowest BCUT2D eigenvalue weighted by Gasteiger charge is -2.06. The van der Waals surface area contributed by atoms with Gasteiger partial charge >= 0.3 is 0 Å². The predicted molar refractivity (Wildman–Crippen MR) is 125 cm³/mol. The number of rotatable bonds is 2. The first-order valence-corrected chi connectivity index (χ1v) is 10.5. The minimum atomic E-state index is 0.932. The van der Waals surface area contributed by atoms with Crippen molar-refractivity contribution in [3.8, 4) is 33.6 Å². The van der Waals surface area contributed by atoms with E-state index >= 15 is 0 Å². The summed E-state index contributed by atoms with van der Waals surface area (Å²) in [6.45, 7) is 4.24. The summed E-state index contributed by atoms with van der Waals surface area (Å²) in [7, 11) is 0. The summed E-state index contributed by atoms with van der Waals surface area (Å²) >= 11 is 0. The molecule has 1 aliphatic carbocycles. The van der Waals surface area contributed by atoms with Crippen LogP contribution in [-0.2, 0) is 6.42 Å². The highest BCUT2D eigenvalue weighted by Gasteiger charge is 2.25. The first kappa shape index (κ1) is 17.3. The molecule has 0 N–H and O–H groups in total. The van der Waals surface area contributed by atoms with Crippen LogP contribution in [0.4, 0.5) is 0 Å². The SMILES string of the molecule is Cc1ccc(-c2ccc3c(c2)Cc2c-3oc3cc(-c4ccc(C)cc4)ccc23)cc1. The molecule has 1 nitrogen and oxygen atoms in total. The van der Waals surface area contributed by atoms with Gasteiger partial charge in [0, 0.05) is 22.9 Å². The highest BCUT2D eigenvalue weighted by atomic mass is 16.3. The maximum absolute atomic E-state index is 6.38. The third-order valence-corrected chi connectivity index (χ3v) is 6.28. The lowest BCUT2D eigenvalue weighted by molar-refractivity contribution is 0.631. The van der Waals surface area contributed by atoms with Gasteiger partial charge in [-0.25, -0.2) is 0 Å². The van der Waals surface area contributed by atoms with Crippen LogP contribution in [0.5, 0.6) is 0 Å². The fraction of sp³-hybridized carbons (Fsp3) is 0.103. The zero-order chi connectivity index (χ0) is 20.2. The number of fused-ring (bicyclic) bond motifs is 5. The minimum absolute atomic E-state index is 0.932. The van der Waals surface area contributed by atoms with Crippen molar-refractivity contribution in [1.29, 1.82) is 0 Å². The maximum Gasteiger partial charge on any atom is 0.139 e. The highest BCUT2D eigenvalue weighted by molar-refractivity contribution is 5.94. The Morgan fingerprint density at radius 1 is 0.600 bits per heavy atom. The fourth-order valence-corrected chi connectivity index (χ4v) is 4.55. The zero-order valence-electron chi connectivity index (χ0n) is 17.2. The molecule has 1 aliphatic rings.